The maximum absolute atomic E-state index is 11.8. The highest BCUT2D eigenvalue weighted by molar-refractivity contribution is 9.10. The first-order valence-corrected chi connectivity index (χ1v) is 7.20. The summed E-state index contributed by atoms with van der Waals surface area (Å²) in [7, 11) is 0. The van der Waals surface area contributed by atoms with E-state index in [0.717, 1.165) is 12.8 Å². The minimum Gasteiger partial charge on any atom is -0.481 e. The lowest BCUT2D eigenvalue weighted by atomic mass is 9.78. The van der Waals surface area contributed by atoms with Gasteiger partial charge in [0.15, 0.2) is 17.8 Å². The fraction of sp³-hybridized carbons (Fsp3) is 0.429. The summed E-state index contributed by atoms with van der Waals surface area (Å²) in [5, 5.41) is 9.68. The van der Waals surface area contributed by atoms with Crippen LogP contribution in [0, 0.1) is 0 Å². The molecule has 2 aliphatic rings. The van der Waals surface area contributed by atoms with Gasteiger partial charge in [-0.2, -0.15) is 0 Å². The van der Waals surface area contributed by atoms with Crippen molar-refractivity contribution in [3.63, 3.8) is 0 Å². The quantitative estimate of drug-likeness (QED) is 0.856. The van der Waals surface area contributed by atoms with Gasteiger partial charge in [-0.25, -0.2) is 0 Å². The fourth-order valence-electron chi connectivity index (χ4n) is 3.10. The fourth-order valence-corrected chi connectivity index (χ4v) is 3.60. The molecule has 0 bridgehead atoms. The van der Waals surface area contributed by atoms with Crippen molar-refractivity contribution < 1.29 is 24.2 Å². The van der Waals surface area contributed by atoms with Gasteiger partial charge in [0, 0.05) is 10.0 Å². The van der Waals surface area contributed by atoms with Gasteiger partial charge in [0.2, 0.25) is 6.79 Å². The van der Waals surface area contributed by atoms with Crippen molar-refractivity contribution in [2.45, 2.75) is 31.1 Å². The summed E-state index contributed by atoms with van der Waals surface area (Å²) in [5.74, 6) is -0.102. The number of carboxylic acids is 1. The Hall–Kier alpha value is -1.56. The van der Waals surface area contributed by atoms with Crippen molar-refractivity contribution in [2.75, 3.05) is 6.79 Å². The van der Waals surface area contributed by atoms with Gasteiger partial charge in [0.25, 0.3) is 0 Å². The maximum Gasteiger partial charge on any atom is 0.314 e. The molecule has 1 aromatic rings. The molecule has 6 heteroatoms. The first kappa shape index (κ1) is 13.4. The molecule has 1 aliphatic heterocycles. The lowest BCUT2D eigenvalue weighted by Crippen LogP contribution is -2.33. The molecule has 1 aromatic carbocycles. The number of hydrogen-bond donors (Lipinski definition) is 1. The van der Waals surface area contributed by atoms with Crippen molar-refractivity contribution in [3.05, 3.63) is 21.7 Å². The number of halogens is 1. The van der Waals surface area contributed by atoms with E-state index in [0.29, 0.717) is 46.2 Å². The minimum atomic E-state index is -0.943. The molecule has 0 aromatic heterocycles. The topological polar surface area (TPSA) is 72.8 Å². The number of carbonyl (C=O) groups excluding carboxylic acids is 1. The number of fused-ring (bicyclic) bond motifs is 1. The van der Waals surface area contributed by atoms with Crippen molar-refractivity contribution in [1.82, 2.24) is 0 Å². The van der Waals surface area contributed by atoms with E-state index in [1.54, 1.807) is 6.07 Å². The van der Waals surface area contributed by atoms with E-state index in [4.69, 9.17) is 9.47 Å². The van der Waals surface area contributed by atoms with Gasteiger partial charge in [-0.1, -0.05) is 12.8 Å². The highest BCUT2D eigenvalue weighted by Gasteiger charge is 2.47. The lowest BCUT2D eigenvalue weighted by molar-refractivity contribution is -0.143. The number of hydrogen-bond acceptors (Lipinski definition) is 4. The van der Waals surface area contributed by atoms with Crippen molar-refractivity contribution >= 4 is 28.2 Å². The number of rotatable bonds is 3. The first-order valence-electron chi connectivity index (χ1n) is 6.41. The second kappa shape index (κ2) is 4.77. The molecule has 0 amide bonds. The van der Waals surface area contributed by atoms with Crippen molar-refractivity contribution in [2.24, 2.45) is 0 Å². The Balaban J connectivity index is 2.25. The minimum absolute atomic E-state index is 0.00925. The smallest absolute Gasteiger partial charge is 0.314 e. The van der Waals surface area contributed by atoms with Crippen LogP contribution in [0.4, 0.5) is 0 Å². The second-order valence-corrected chi connectivity index (χ2v) is 5.95. The summed E-state index contributed by atoms with van der Waals surface area (Å²) >= 11 is 3.32. The van der Waals surface area contributed by atoms with Gasteiger partial charge in [-0.15, -0.1) is 0 Å². The van der Waals surface area contributed by atoms with Crippen LogP contribution in [0.25, 0.3) is 0 Å². The van der Waals surface area contributed by atoms with Gasteiger partial charge in [0.05, 0.1) is 11.0 Å². The van der Waals surface area contributed by atoms with E-state index in [1.807, 2.05) is 0 Å². The van der Waals surface area contributed by atoms with Crippen LogP contribution in [-0.4, -0.2) is 24.2 Å². The van der Waals surface area contributed by atoms with Gasteiger partial charge in [0.1, 0.15) is 0 Å². The van der Waals surface area contributed by atoms with Crippen LogP contribution < -0.4 is 9.47 Å². The summed E-state index contributed by atoms with van der Waals surface area (Å²) < 4.78 is 11.3. The van der Waals surface area contributed by atoms with E-state index >= 15 is 0 Å². The third-order valence-corrected chi connectivity index (χ3v) is 4.79. The van der Waals surface area contributed by atoms with Crippen LogP contribution >= 0.6 is 15.9 Å². The molecular formula is C14H13BrO5. The molecule has 0 saturated heterocycles. The van der Waals surface area contributed by atoms with Crippen molar-refractivity contribution in [3.8, 4) is 11.5 Å². The van der Waals surface area contributed by atoms with Crippen LogP contribution in [0.15, 0.2) is 10.5 Å². The summed E-state index contributed by atoms with van der Waals surface area (Å²) in [6, 6.07) is 1.69. The predicted octanol–water partition coefficient (Wildman–Crippen LogP) is 2.89. The summed E-state index contributed by atoms with van der Waals surface area (Å²) in [6.45, 7) is 0.00925. The Labute approximate surface area is 124 Å². The predicted molar refractivity (Wildman–Crippen MR) is 73.4 cm³/mol. The highest BCUT2D eigenvalue weighted by atomic mass is 79.9. The molecule has 106 valence electrons. The van der Waals surface area contributed by atoms with Gasteiger partial charge < -0.3 is 14.6 Å². The van der Waals surface area contributed by atoms with Gasteiger partial charge in [-0.3, -0.25) is 9.59 Å². The van der Waals surface area contributed by atoms with Crippen LogP contribution in [0.3, 0.4) is 0 Å². The Bertz CT molecular complexity index is 590. The number of benzene rings is 1. The Morgan fingerprint density at radius 1 is 1.30 bits per heavy atom. The molecule has 0 spiro atoms. The normalized spacial score (nSPS) is 19.1. The average molecular weight is 341 g/mol. The number of aldehydes is 1. The van der Waals surface area contributed by atoms with E-state index in [1.165, 1.54) is 0 Å². The Morgan fingerprint density at radius 2 is 1.95 bits per heavy atom. The molecule has 3 rings (SSSR count). The molecule has 0 atom stereocenters. The molecule has 1 heterocycles. The Kier molecular flexibility index (Phi) is 3.20. The zero-order valence-corrected chi connectivity index (χ0v) is 12.2. The number of ether oxygens (including phenoxy) is 2. The summed E-state index contributed by atoms with van der Waals surface area (Å²) in [6.07, 6.45) is 3.57. The highest BCUT2D eigenvalue weighted by Crippen LogP contribution is 2.51. The summed E-state index contributed by atoms with van der Waals surface area (Å²) in [5.41, 5.74) is 0.0223. The lowest BCUT2D eigenvalue weighted by Gasteiger charge is -2.26. The molecule has 1 saturated carbocycles. The summed E-state index contributed by atoms with van der Waals surface area (Å²) in [4.78, 5) is 23.0. The Morgan fingerprint density at radius 3 is 2.55 bits per heavy atom. The van der Waals surface area contributed by atoms with E-state index < -0.39 is 11.4 Å². The molecule has 5 nitrogen and oxygen atoms in total. The maximum atomic E-state index is 11.8. The SMILES string of the molecule is O=Cc1c(Br)cc(C2(C(=O)O)CCCC2)c2c1OCO2. The van der Waals surface area contributed by atoms with Crippen LogP contribution in [0.2, 0.25) is 0 Å². The number of aliphatic carboxylic acids is 1. The molecule has 1 fully saturated rings. The molecular weight excluding hydrogens is 328 g/mol. The molecule has 20 heavy (non-hydrogen) atoms. The second-order valence-electron chi connectivity index (χ2n) is 5.10. The van der Waals surface area contributed by atoms with Crippen LogP contribution in [0.1, 0.15) is 41.6 Å². The average Bonchev–Trinajstić information content (AvgIpc) is 3.07. The molecule has 1 N–H and O–H groups in total. The van der Waals surface area contributed by atoms with E-state index in [2.05, 4.69) is 15.9 Å². The van der Waals surface area contributed by atoms with Crippen molar-refractivity contribution in [1.29, 1.82) is 0 Å². The zero-order valence-electron chi connectivity index (χ0n) is 10.6. The zero-order chi connectivity index (χ0) is 14.3. The third-order valence-electron chi connectivity index (χ3n) is 4.13. The number of carboxylic acid groups (broad SMARTS) is 1. The van der Waals surface area contributed by atoms with Crippen LogP contribution in [-0.2, 0) is 10.2 Å². The first-order chi connectivity index (χ1) is 9.60. The molecule has 0 unspecified atom stereocenters. The van der Waals surface area contributed by atoms with Crippen LogP contribution in [0.5, 0.6) is 11.5 Å². The molecule has 0 radical (unpaired) electrons. The number of carbonyl (C=O) groups is 2. The third kappa shape index (κ3) is 1.74. The molecule has 1 aliphatic carbocycles. The monoisotopic (exact) mass is 340 g/mol. The standard InChI is InChI=1S/C14H13BrO5/c15-10-5-9(14(13(17)18)3-1-2-4-14)12-11(8(10)6-16)19-7-20-12/h5-6H,1-4,7H2,(H,17,18). The largest absolute Gasteiger partial charge is 0.481 e. The van der Waals surface area contributed by atoms with E-state index in [9.17, 15) is 14.7 Å². The van der Waals surface area contributed by atoms with Gasteiger partial charge >= 0.3 is 5.97 Å². The van der Waals surface area contributed by atoms with E-state index in [-0.39, 0.29) is 6.79 Å². The van der Waals surface area contributed by atoms with Gasteiger partial charge in [-0.05, 0) is 34.8 Å².